The lowest BCUT2D eigenvalue weighted by Crippen LogP contribution is -2.44. The van der Waals surface area contributed by atoms with Gasteiger partial charge in [-0.05, 0) is 43.5 Å². The third kappa shape index (κ3) is 5.82. The van der Waals surface area contributed by atoms with Crippen molar-refractivity contribution in [1.29, 1.82) is 0 Å². The van der Waals surface area contributed by atoms with E-state index < -0.39 is 5.82 Å². The Kier molecular flexibility index (Phi) is 7.56. The summed E-state index contributed by atoms with van der Waals surface area (Å²) in [7, 11) is 0. The van der Waals surface area contributed by atoms with Crippen LogP contribution in [0.15, 0.2) is 24.3 Å². The SMILES string of the molecule is CCCCOC(=O)N1CCC(C(=O)NCC(=O)c2ccc(F)cc2)CC1. The lowest BCUT2D eigenvalue weighted by atomic mass is 9.96. The van der Waals surface area contributed by atoms with Crippen molar-refractivity contribution in [3.8, 4) is 0 Å². The van der Waals surface area contributed by atoms with Crippen molar-refractivity contribution < 1.29 is 23.5 Å². The maximum absolute atomic E-state index is 12.9. The fraction of sp³-hybridized carbons (Fsp3) is 0.526. The predicted octanol–water partition coefficient (Wildman–Crippen LogP) is 2.77. The Morgan fingerprint density at radius 2 is 1.85 bits per heavy atom. The highest BCUT2D eigenvalue weighted by atomic mass is 19.1. The van der Waals surface area contributed by atoms with E-state index in [0.29, 0.717) is 38.1 Å². The number of benzene rings is 1. The number of Topliss-reactive ketones (excluding diaryl/α,β-unsaturated/α-hetero) is 1. The molecule has 0 bridgehead atoms. The van der Waals surface area contributed by atoms with Gasteiger partial charge in [0.05, 0.1) is 13.2 Å². The van der Waals surface area contributed by atoms with Gasteiger partial charge in [0, 0.05) is 24.6 Å². The molecule has 1 saturated heterocycles. The third-order valence-corrected chi connectivity index (χ3v) is 4.44. The second kappa shape index (κ2) is 9.89. The quantitative estimate of drug-likeness (QED) is 0.596. The summed E-state index contributed by atoms with van der Waals surface area (Å²) in [5, 5.41) is 2.63. The van der Waals surface area contributed by atoms with Crippen LogP contribution in [0.5, 0.6) is 0 Å². The Morgan fingerprint density at radius 1 is 1.19 bits per heavy atom. The fourth-order valence-electron chi connectivity index (χ4n) is 2.77. The number of hydrogen-bond acceptors (Lipinski definition) is 4. The summed E-state index contributed by atoms with van der Waals surface area (Å²) in [6, 6.07) is 5.22. The molecule has 7 heteroatoms. The van der Waals surface area contributed by atoms with Gasteiger partial charge in [0.15, 0.2) is 5.78 Å². The molecule has 1 aliphatic heterocycles. The first kappa shape index (κ1) is 19.9. The molecule has 0 unspecified atom stereocenters. The van der Waals surface area contributed by atoms with Crippen LogP contribution >= 0.6 is 0 Å². The summed E-state index contributed by atoms with van der Waals surface area (Å²) < 4.78 is 18.0. The summed E-state index contributed by atoms with van der Waals surface area (Å²) in [6.07, 6.45) is 2.56. The van der Waals surface area contributed by atoms with Crippen molar-refractivity contribution >= 4 is 17.8 Å². The minimum absolute atomic E-state index is 0.121. The monoisotopic (exact) mass is 364 g/mol. The number of nitrogens with zero attached hydrogens (tertiary/aromatic N) is 1. The van der Waals surface area contributed by atoms with Gasteiger partial charge in [-0.15, -0.1) is 0 Å². The first-order valence-corrected chi connectivity index (χ1v) is 8.99. The minimum atomic E-state index is -0.412. The molecular weight excluding hydrogens is 339 g/mol. The number of rotatable bonds is 7. The lowest BCUT2D eigenvalue weighted by Gasteiger charge is -2.30. The molecule has 1 aliphatic rings. The van der Waals surface area contributed by atoms with Gasteiger partial charge in [0.2, 0.25) is 5.91 Å². The number of halogens is 1. The molecule has 2 amide bonds. The van der Waals surface area contributed by atoms with Crippen LogP contribution < -0.4 is 5.32 Å². The number of ketones is 1. The molecule has 0 radical (unpaired) electrons. The van der Waals surface area contributed by atoms with E-state index in [2.05, 4.69) is 5.32 Å². The van der Waals surface area contributed by atoms with Crippen molar-refractivity contribution in [3.63, 3.8) is 0 Å². The van der Waals surface area contributed by atoms with E-state index in [1.54, 1.807) is 4.90 Å². The molecular formula is C19H25FN2O4. The van der Waals surface area contributed by atoms with Crippen LogP contribution in [-0.4, -0.2) is 48.9 Å². The Hall–Kier alpha value is -2.44. The molecule has 0 spiro atoms. The number of piperidine rings is 1. The van der Waals surface area contributed by atoms with E-state index in [1.807, 2.05) is 6.92 Å². The van der Waals surface area contributed by atoms with Gasteiger partial charge in [-0.1, -0.05) is 13.3 Å². The van der Waals surface area contributed by atoms with Crippen LogP contribution in [0.25, 0.3) is 0 Å². The van der Waals surface area contributed by atoms with Crippen LogP contribution in [0.1, 0.15) is 43.0 Å². The van der Waals surface area contributed by atoms with E-state index >= 15 is 0 Å². The summed E-state index contributed by atoms with van der Waals surface area (Å²) in [4.78, 5) is 37.7. The van der Waals surface area contributed by atoms with E-state index in [1.165, 1.54) is 24.3 Å². The molecule has 6 nitrogen and oxygen atoms in total. The highest BCUT2D eigenvalue weighted by molar-refractivity contribution is 5.99. The fourth-order valence-corrected chi connectivity index (χ4v) is 2.77. The molecule has 1 aromatic carbocycles. The molecule has 1 aromatic rings. The zero-order chi connectivity index (χ0) is 18.9. The van der Waals surface area contributed by atoms with Gasteiger partial charge >= 0.3 is 6.09 Å². The van der Waals surface area contributed by atoms with Crippen molar-refractivity contribution in [2.45, 2.75) is 32.6 Å². The molecule has 0 saturated carbocycles. The second-order valence-electron chi connectivity index (χ2n) is 6.38. The van der Waals surface area contributed by atoms with Crippen molar-refractivity contribution in [2.75, 3.05) is 26.2 Å². The third-order valence-electron chi connectivity index (χ3n) is 4.44. The maximum Gasteiger partial charge on any atom is 0.409 e. The van der Waals surface area contributed by atoms with E-state index in [0.717, 1.165) is 12.8 Å². The van der Waals surface area contributed by atoms with Crippen molar-refractivity contribution in [1.82, 2.24) is 10.2 Å². The van der Waals surface area contributed by atoms with E-state index in [9.17, 15) is 18.8 Å². The van der Waals surface area contributed by atoms with Crippen LogP contribution in [0.4, 0.5) is 9.18 Å². The van der Waals surface area contributed by atoms with Crippen LogP contribution in [0, 0.1) is 11.7 Å². The number of carbonyl (C=O) groups excluding carboxylic acids is 3. The Balaban J connectivity index is 1.71. The number of carbonyl (C=O) groups is 3. The predicted molar refractivity (Wildman–Crippen MR) is 94.3 cm³/mol. The van der Waals surface area contributed by atoms with Gasteiger partial charge in [-0.3, -0.25) is 9.59 Å². The molecule has 2 rings (SSSR count). The van der Waals surface area contributed by atoms with Gasteiger partial charge in [-0.25, -0.2) is 9.18 Å². The molecule has 0 aromatic heterocycles. The summed E-state index contributed by atoms with van der Waals surface area (Å²) in [5.41, 5.74) is 0.358. The molecule has 26 heavy (non-hydrogen) atoms. The smallest absolute Gasteiger partial charge is 0.409 e. The highest BCUT2D eigenvalue weighted by Crippen LogP contribution is 2.18. The molecule has 142 valence electrons. The summed E-state index contributed by atoms with van der Waals surface area (Å²) >= 11 is 0. The lowest BCUT2D eigenvalue weighted by molar-refractivity contribution is -0.126. The van der Waals surface area contributed by atoms with Gasteiger partial charge in [0.1, 0.15) is 5.82 Å². The zero-order valence-corrected chi connectivity index (χ0v) is 15.0. The van der Waals surface area contributed by atoms with Gasteiger partial charge in [0.25, 0.3) is 0 Å². The van der Waals surface area contributed by atoms with Crippen LogP contribution in [0.2, 0.25) is 0 Å². The Labute approximate surface area is 152 Å². The molecule has 0 atom stereocenters. The molecule has 1 N–H and O–H groups in total. The molecule has 1 heterocycles. The summed E-state index contributed by atoms with van der Waals surface area (Å²) in [6.45, 7) is 3.26. The van der Waals surface area contributed by atoms with E-state index in [4.69, 9.17) is 4.74 Å². The summed E-state index contributed by atoms with van der Waals surface area (Å²) in [5.74, 6) is -1.10. The Bertz CT molecular complexity index is 625. The number of unbranched alkanes of at least 4 members (excludes halogenated alkanes) is 1. The minimum Gasteiger partial charge on any atom is -0.449 e. The number of likely N-dealkylation sites (tertiary alicyclic amines) is 1. The maximum atomic E-state index is 12.9. The molecule has 1 fully saturated rings. The van der Waals surface area contributed by atoms with Crippen LogP contribution in [-0.2, 0) is 9.53 Å². The van der Waals surface area contributed by atoms with Gasteiger partial charge in [-0.2, -0.15) is 0 Å². The first-order valence-electron chi connectivity index (χ1n) is 8.99. The van der Waals surface area contributed by atoms with Crippen molar-refractivity contribution in [2.24, 2.45) is 5.92 Å². The first-order chi connectivity index (χ1) is 12.5. The zero-order valence-electron chi connectivity index (χ0n) is 15.0. The van der Waals surface area contributed by atoms with Gasteiger partial charge < -0.3 is 15.0 Å². The Morgan fingerprint density at radius 3 is 2.46 bits per heavy atom. The average Bonchev–Trinajstić information content (AvgIpc) is 2.66. The topological polar surface area (TPSA) is 75.7 Å². The number of ether oxygens (including phenoxy) is 1. The standard InChI is InChI=1S/C19H25FN2O4/c1-2-3-12-26-19(25)22-10-8-15(9-11-22)18(24)21-13-17(23)14-4-6-16(20)7-5-14/h4-7,15H,2-3,8-13H2,1H3,(H,21,24). The van der Waals surface area contributed by atoms with Crippen molar-refractivity contribution in [3.05, 3.63) is 35.6 Å². The number of amides is 2. The van der Waals surface area contributed by atoms with Crippen LogP contribution in [0.3, 0.4) is 0 Å². The largest absolute Gasteiger partial charge is 0.449 e. The normalized spacial score (nSPS) is 14.8. The molecule has 0 aliphatic carbocycles. The second-order valence-corrected chi connectivity index (χ2v) is 6.38. The number of nitrogens with one attached hydrogen (secondary N) is 1. The highest BCUT2D eigenvalue weighted by Gasteiger charge is 2.28. The van der Waals surface area contributed by atoms with E-state index in [-0.39, 0.29) is 30.2 Å². The number of hydrogen-bond donors (Lipinski definition) is 1. The average molecular weight is 364 g/mol.